The number of para-hydroxylation sites is 2. The number of carbonyl (C=O) groups is 1. The van der Waals surface area contributed by atoms with E-state index >= 15 is 0 Å². The van der Waals surface area contributed by atoms with Crippen LogP contribution >= 0.6 is 0 Å². The van der Waals surface area contributed by atoms with Crippen LogP contribution in [0, 0.1) is 5.92 Å². The van der Waals surface area contributed by atoms with Gasteiger partial charge in [-0.1, -0.05) is 12.1 Å². The summed E-state index contributed by atoms with van der Waals surface area (Å²) >= 11 is 0. The fourth-order valence-electron chi connectivity index (χ4n) is 2.77. The van der Waals surface area contributed by atoms with Gasteiger partial charge in [-0.2, -0.15) is 0 Å². The van der Waals surface area contributed by atoms with Gasteiger partial charge in [-0.25, -0.2) is 4.98 Å². The standard InChI is InChI=1S/C16H20N4O/c21-16(10-13-4-3-7-17-11-13)19-14-5-1-2-6-15(14)20-9-8-18-12-20/h1-2,5-6,8-9,12-13,17H,3-4,7,10-11H2,(H,19,21). The third kappa shape index (κ3) is 3.49. The highest BCUT2D eigenvalue weighted by atomic mass is 16.1. The normalized spacial score (nSPS) is 18.4. The van der Waals surface area contributed by atoms with Gasteiger partial charge in [-0.05, 0) is 44.0 Å². The molecule has 1 unspecified atom stereocenters. The predicted molar refractivity (Wildman–Crippen MR) is 82.4 cm³/mol. The Hall–Kier alpha value is -2.14. The number of nitrogens with zero attached hydrogens (tertiary/aromatic N) is 2. The minimum absolute atomic E-state index is 0.0799. The van der Waals surface area contributed by atoms with Crippen molar-refractivity contribution in [3.63, 3.8) is 0 Å². The first kappa shape index (κ1) is 13.8. The van der Waals surface area contributed by atoms with Gasteiger partial charge in [0, 0.05) is 18.8 Å². The Morgan fingerprint density at radius 2 is 2.33 bits per heavy atom. The lowest BCUT2D eigenvalue weighted by Crippen LogP contribution is -2.32. The minimum Gasteiger partial charge on any atom is -0.324 e. The van der Waals surface area contributed by atoms with Crippen LogP contribution in [0.5, 0.6) is 0 Å². The van der Waals surface area contributed by atoms with Gasteiger partial charge < -0.3 is 15.2 Å². The Balaban J connectivity index is 1.68. The number of nitrogens with one attached hydrogen (secondary N) is 2. The molecule has 1 aromatic carbocycles. The second-order valence-electron chi connectivity index (χ2n) is 5.45. The lowest BCUT2D eigenvalue weighted by atomic mass is 9.96. The number of carbonyl (C=O) groups excluding carboxylic acids is 1. The first-order valence-electron chi connectivity index (χ1n) is 7.41. The molecular weight excluding hydrogens is 264 g/mol. The highest BCUT2D eigenvalue weighted by molar-refractivity contribution is 5.93. The van der Waals surface area contributed by atoms with Gasteiger partial charge in [0.1, 0.15) is 0 Å². The van der Waals surface area contributed by atoms with E-state index in [1.54, 1.807) is 12.5 Å². The van der Waals surface area contributed by atoms with E-state index in [0.717, 1.165) is 37.3 Å². The Morgan fingerprint density at radius 1 is 1.43 bits per heavy atom. The van der Waals surface area contributed by atoms with Crippen molar-refractivity contribution in [2.75, 3.05) is 18.4 Å². The van der Waals surface area contributed by atoms with Crippen LogP contribution in [-0.2, 0) is 4.79 Å². The number of rotatable bonds is 4. The quantitative estimate of drug-likeness (QED) is 0.905. The molecule has 2 aromatic rings. The van der Waals surface area contributed by atoms with Gasteiger partial charge in [0.15, 0.2) is 0 Å². The maximum Gasteiger partial charge on any atom is 0.224 e. The van der Waals surface area contributed by atoms with Gasteiger partial charge in [-0.15, -0.1) is 0 Å². The second-order valence-corrected chi connectivity index (χ2v) is 5.45. The molecule has 5 heteroatoms. The molecule has 110 valence electrons. The summed E-state index contributed by atoms with van der Waals surface area (Å²) in [6.45, 7) is 2.01. The van der Waals surface area contributed by atoms with Gasteiger partial charge in [0.2, 0.25) is 5.91 Å². The molecule has 1 atom stereocenters. The monoisotopic (exact) mass is 284 g/mol. The van der Waals surface area contributed by atoms with Crippen LogP contribution in [0.3, 0.4) is 0 Å². The summed E-state index contributed by atoms with van der Waals surface area (Å²) in [7, 11) is 0. The third-order valence-electron chi connectivity index (χ3n) is 3.83. The molecule has 21 heavy (non-hydrogen) atoms. The zero-order valence-electron chi connectivity index (χ0n) is 12.0. The number of imidazole rings is 1. The van der Waals surface area contributed by atoms with Crippen LogP contribution in [0.15, 0.2) is 43.0 Å². The van der Waals surface area contributed by atoms with E-state index in [9.17, 15) is 4.79 Å². The highest BCUT2D eigenvalue weighted by Crippen LogP contribution is 2.21. The van der Waals surface area contributed by atoms with Crippen LogP contribution in [0.4, 0.5) is 5.69 Å². The number of hydrogen-bond donors (Lipinski definition) is 2. The molecule has 1 fully saturated rings. The fourth-order valence-corrected chi connectivity index (χ4v) is 2.77. The number of piperidine rings is 1. The molecule has 0 radical (unpaired) electrons. The van der Waals surface area contributed by atoms with Crippen LogP contribution in [-0.4, -0.2) is 28.5 Å². The first-order chi connectivity index (χ1) is 10.3. The Labute approximate surface area is 124 Å². The van der Waals surface area contributed by atoms with E-state index in [-0.39, 0.29) is 5.91 Å². The van der Waals surface area contributed by atoms with Crippen LogP contribution in [0.25, 0.3) is 5.69 Å². The number of amides is 1. The van der Waals surface area contributed by atoms with E-state index in [4.69, 9.17) is 0 Å². The number of benzene rings is 1. The molecule has 0 bridgehead atoms. The summed E-state index contributed by atoms with van der Waals surface area (Å²) in [5.41, 5.74) is 1.76. The lowest BCUT2D eigenvalue weighted by Gasteiger charge is -2.22. The average molecular weight is 284 g/mol. The third-order valence-corrected chi connectivity index (χ3v) is 3.83. The van der Waals surface area contributed by atoms with Crippen molar-refractivity contribution in [3.8, 4) is 5.69 Å². The molecule has 1 aliphatic heterocycles. The summed E-state index contributed by atoms with van der Waals surface area (Å²) in [6.07, 6.45) is 8.19. The summed E-state index contributed by atoms with van der Waals surface area (Å²) in [6, 6.07) is 7.78. The highest BCUT2D eigenvalue weighted by Gasteiger charge is 2.17. The molecule has 2 N–H and O–H groups in total. The molecule has 1 aromatic heterocycles. The summed E-state index contributed by atoms with van der Waals surface area (Å²) in [4.78, 5) is 16.3. The molecule has 3 rings (SSSR count). The van der Waals surface area contributed by atoms with Crippen molar-refractivity contribution in [2.45, 2.75) is 19.3 Å². The van der Waals surface area contributed by atoms with Crippen molar-refractivity contribution in [1.29, 1.82) is 0 Å². The van der Waals surface area contributed by atoms with E-state index in [1.165, 1.54) is 0 Å². The van der Waals surface area contributed by atoms with E-state index in [0.29, 0.717) is 12.3 Å². The van der Waals surface area contributed by atoms with E-state index < -0.39 is 0 Å². The maximum absolute atomic E-state index is 12.2. The number of aromatic nitrogens is 2. The van der Waals surface area contributed by atoms with E-state index in [2.05, 4.69) is 15.6 Å². The number of anilines is 1. The zero-order valence-corrected chi connectivity index (χ0v) is 12.0. The largest absolute Gasteiger partial charge is 0.324 e. The second kappa shape index (κ2) is 6.54. The Bertz CT molecular complexity index is 588. The first-order valence-corrected chi connectivity index (χ1v) is 7.41. The van der Waals surface area contributed by atoms with Crippen molar-refractivity contribution < 1.29 is 4.79 Å². The fraction of sp³-hybridized carbons (Fsp3) is 0.375. The van der Waals surface area contributed by atoms with Crippen molar-refractivity contribution in [2.24, 2.45) is 5.92 Å². The molecule has 1 aliphatic rings. The molecule has 1 amide bonds. The SMILES string of the molecule is O=C(CC1CCCNC1)Nc1ccccc1-n1ccnc1. The van der Waals surface area contributed by atoms with Crippen LogP contribution in [0.1, 0.15) is 19.3 Å². The Morgan fingerprint density at radius 3 is 3.10 bits per heavy atom. The molecule has 2 heterocycles. The average Bonchev–Trinajstić information content (AvgIpc) is 3.03. The molecule has 5 nitrogen and oxygen atoms in total. The minimum atomic E-state index is 0.0799. The Kier molecular flexibility index (Phi) is 4.31. The summed E-state index contributed by atoms with van der Waals surface area (Å²) in [5, 5.41) is 6.38. The van der Waals surface area contributed by atoms with E-state index in [1.807, 2.05) is 35.0 Å². The molecule has 1 saturated heterocycles. The molecule has 0 saturated carbocycles. The zero-order chi connectivity index (χ0) is 14.5. The van der Waals surface area contributed by atoms with Gasteiger partial charge in [-0.3, -0.25) is 4.79 Å². The van der Waals surface area contributed by atoms with Crippen molar-refractivity contribution >= 4 is 11.6 Å². The van der Waals surface area contributed by atoms with Crippen molar-refractivity contribution in [3.05, 3.63) is 43.0 Å². The van der Waals surface area contributed by atoms with Gasteiger partial charge >= 0.3 is 0 Å². The smallest absolute Gasteiger partial charge is 0.224 e. The molecule has 0 spiro atoms. The van der Waals surface area contributed by atoms with Crippen LogP contribution < -0.4 is 10.6 Å². The predicted octanol–water partition coefficient (Wildman–Crippen LogP) is 2.20. The van der Waals surface area contributed by atoms with Crippen LogP contribution in [0.2, 0.25) is 0 Å². The lowest BCUT2D eigenvalue weighted by molar-refractivity contribution is -0.117. The van der Waals surface area contributed by atoms with Crippen molar-refractivity contribution in [1.82, 2.24) is 14.9 Å². The maximum atomic E-state index is 12.2. The van der Waals surface area contributed by atoms with Gasteiger partial charge in [0.05, 0.1) is 17.7 Å². The summed E-state index contributed by atoms with van der Waals surface area (Å²) < 4.78 is 1.90. The summed E-state index contributed by atoms with van der Waals surface area (Å²) in [5.74, 6) is 0.524. The molecule has 0 aliphatic carbocycles. The number of hydrogen-bond acceptors (Lipinski definition) is 3. The topological polar surface area (TPSA) is 59.0 Å². The molecular formula is C16H20N4O. The van der Waals surface area contributed by atoms with Gasteiger partial charge in [0.25, 0.3) is 0 Å².